The summed E-state index contributed by atoms with van der Waals surface area (Å²) in [6.45, 7) is 3.48. The molecule has 0 amide bonds. The second-order valence-corrected chi connectivity index (χ2v) is 3.57. The number of rotatable bonds is 5. The van der Waals surface area contributed by atoms with Gasteiger partial charge in [-0.2, -0.15) is 0 Å². The van der Waals surface area contributed by atoms with Crippen molar-refractivity contribution in [1.29, 1.82) is 0 Å². The maximum Gasteiger partial charge on any atom is 0.329 e. The van der Waals surface area contributed by atoms with Crippen LogP contribution in [0.4, 0.5) is 0 Å². The molecular formula is C10H16O3. The lowest BCUT2D eigenvalue weighted by molar-refractivity contribution is -0.149. The molecule has 13 heavy (non-hydrogen) atoms. The Labute approximate surface area is 78.4 Å². The van der Waals surface area contributed by atoms with Crippen LogP contribution in [0.25, 0.3) is 0 Å². The van der Waals surface area contributed by atoms with Gasteiger partial charge in [0.1, 0.15) is 6.61 Å². The summed E-state index contributed by atoms with van der Waals surface area (Å²) < 4.78 is 5.42. The van der Waals surface area contributed by atoms with E-state index in [0.717, 1.165) is 32.1 Å². The summed E-state index contributed by atoms with van der Waals surface area (Å²) in [7, 11) is 0. The normalized spacial score (nSPS) is 20.0. The smallest absolute Gasteiger partial charge is 0.329 e. The zero-order chi connectivity index (χ0) is 9.73. The molecule has 1 aliphatic rings. The van der Waals surface area contributed by atoms with Crippen LogP contribution in [0.1, 0.15) is 32.1 Å². The van der Waals surface area contributed by atoms with E-state index < -0.39 is 5.97 Å². The van der Waals surface area contributed by atoms with Crippen molar-refractivity contribution in [3.8, 4) is 0 Å². The van der Waals surface area contributed by atoms with Crippen LogP contribution >= 0.6 is 0 Å². The fourth-order valence-electron chi connectivity index (χ4n) is 1.90. The standard InChI is InChI=1S/C10H16O3/c1-2-5-10(6-3-4-7-10)13-8-9(11)12/h2H,1,3-8H2,(H,11,12). The van der Waals surface area contributed by atoms with E-state index in [1.54, 1.807) is 0 Å². The van der Waals surface area contributed by atoms with Crippen LogP contribution in [0.2, 0.25) is 0 Å². The lowest BCUT2D eigenvalue weighted by Crippen LogP contribution is -2.30. The number of carboxylic acid groups (broad SMARTS) is 1. The van der Waals surface area contributed by atoms with E-state index >= 15 is 0 Å². The Morgan fingerprint density at radius 3 is 2.62 bits per heavy atom. The van der Waals surface area contributed by atoms with Crippen LogP contribution in [0, 0.1) is 0 Å². The second kappa shape index (κ2) is 4.42. The third kappa shape index (κ3) is 2.84. The van der Waals surface area contributed by atoms with E-state index in [0.29, 0.717) is 0 Å². The highest BCUT2D eigenvalue weighted by atomic mass is 16.5. The van der Waals surface area contributed by atoms with Crippen molar-refractivity contribution in [3.05, 3.63) is 12.7 Å². The van der Waals surface area contributed by atoms with Crippen molar-refractivity contribution < 1.29 is 14.6 Å². The number of hydrogen-bond donors (Lipinski definition) is 1. The van der Waals surface area contributed by atoms with Gasteiger partial charge >= 0.3 is 5.97 Å². The molecule has 1 N–H and O–H groups in total. The summed E-state index contributed by atoms with van der Waals surface area (Å²) in [6, 6.07) is 0. The molecule has 0 heterocycles. The number of carbonyl (C=O) groups is 1. The molecule has 0 aliphatic heterocycles. The lowest BCUT2D eigenvalue weighted by Gasteiger charge is -2.27. The number of aliphatic carboxylic acids is 1. The minimum Gasteiger partial charge on any atom is -0.480 e. The van der Waals surface area contributed by atoms with Crippen molar-refractivity contribution in [2.24, 2.45) is 0 Å². The molecule has 0 unspecified atom stereocenters. The average molecular weight is 184 g/mol. The molecule has 0 aromatic carbocycles. The Morgan fingerprint density at radius 2 is 2.15 bits per heavy atom. The highest BCUT2D eigenvalue weighted by molar-refractivity contribution is 5.68. The summed E-state index contributed by atoms with van der Waals surface area (Å²) in [6.07, 6.45) is 6.77. The fraction of sp³-hybridized carbons (Fsp3) is 0.700. The first-order chi connectivity index (χ1) is 6.18. The third-order valence-electron chi connectivity index (χ3n) is 2.53. The number of hydrogen-bond acceptors (Lipinski definition) is 2. The maximum absolute atomic E-state index is 10.4. The minimum atomic E-state index is -0.893. The highest BCUT2D eigenvalue weighted by Gasteiger charge is 2.33. The predicted octanol–water partition coefficient (Wildman–Crippen LogP) is 1.98. The molecule has 0 aromatic heterocycles. The van der Waals surface area contributed by atoms with Gasteiger partial charge in [-0.1, -0.05) is 18.9 Å². The molecule has 0 aromatic rings. The highest BCUT2D eigenvalue weighted by Crippen LogP contribution is 2.36. The van der Waals surface area contributed by atoms with E-state index in [9.17, 15) is 4.79 Å². The van der Waals surface area contributed by atoms with Gasteiger partial charge < -0.3 is 9.84 Å². The van der Waals surface area contributed by atoms with Crippen molar-refractivity contribution in [3.63, 3.8) is 0 Å². The van der Waals surface area contributed by atoms with Gasteiger partial charge in [-0.25, -0.2) is 4.79 Å². The second-order valence-electron chi connectivity index (χ2n) is 3.57. The molecular weight excluding hydrogens is 168 g/mol. The first-order valence-electron chi connectivity index (χ1n) is 4.65. The van der Waals surface area contributed by atoms with E-state index in [1.165, 1.54) is 0 Å². The van der Waals surface area contributed by atoms with Crippen LogP contribution in [0.3, 0.4) is 0 Å². The molecule has 0 atom stereocenters. The number of ether oxygens (including phenoxy) is 1. The Morgan fingerprint density at radius 1 is 1.54 bits per heavy atom. The van der Waals surface area contributed by atoms with Crippen molar-refractivity contribution in [2.45, 2.75) is 37.7 Å². The quantitative estimate of drug-likeness (QED) is 0.664. The Balaban J connectivity index is 2.46. The van der Waals surface area contributed by atoms with Crippen LogP contribution < -0.4 is 0 Å². The van der Waals surface area contributed by atoms with Gasteiger partial charge in [0.15, 0.2) is 0 Å². The SMILES string of the molecule is C=CCC1(OCC(=O)O)CCCC1. The molecule has 3 heteroatoms. The summed E-state index contributed by atoms with van der Waals surface area (Å²) >= 11 is 0. The Bertz CT molecular complexity index is 192. The molecule has 1 rings (SSSR count). The molecule has 0 saturated heterocycles. The van der Waals surface area contributed by atoms with Gasteiger partial charge in [-0.05, 0) is 19.3 Å². The number of carboxylic acids is 1. The van der Waals surface area contributed by atoms with Gasteiger partial charge in [0, 0.05) is 0 Å². The van der Waals surface area contributed by atoms with Gasteiger partial charge in [-0.3, -0.25) is 0 Å². The minimum absolute atomic E-state index is 0.187. The lowest BCUT2D eigenvalue weighted by atomic mass is 9.98. The average Bonchev–Trinajstić information content (AvgIpc) is 2.51. The van der Waals surface area contributed by atoms with Crippen LogP contribution in [0.15, 0.2) is 12.7 Å². The molecule has 1 aliphatic carbocycles. The largest absolute Gasteiger partial charge is 0.480 e. The first-order valence-corrected chi connectivity index (χ1v) is 4.65. The Hall–Kier alpha value is -0.830. The summed E-state index contributed by atoms with van der Waals surface area (Å²) in [5.41, 5.74) is -0.222. The van der Waals surface area contributed by atoms with Crippen molar-refractivity contribution >= 4 is 5.97 Å². The Kier molecular flexibility index (Phi) is 3.48. The zero-order valence-electron chi connectivity index (χ0n) is 7.79. The van der Waals surface area contributed by atoms with E-state index in [-0.39, 0.29) is 12.2 Å². The molecule has 1 saturated carbocycles. The first kappa shape index (κ1) is 10.3. The molecule has 3 nitrogen and oxygen atoms in total. The molecule has 74 valence electrons. The van der Waals surface area contributed by atoms with Crippen LogP contribution in [0.5, 0.6) is 0 Å². The molecule has 0 radical (unpaired) electrons. The fourth-order valence-corrected chi connectivity index (χ4v) is 1.90. The van der Waals surface area contributed by atoms with Gasteiger partial charge in [0.25, 0.3) is 0 Å². The van der Waals surface area contributed by atoms with Gasteiger partial charge in [0.05, 0.1) is 5.60 Å². The van der Waals surface area contributed by atoms with E-state index in [1.807, 2.05) is 6.08 Å². The van der Waals surface area contributed by atoms with Crippen molar-refractivity contribution in [1.82, 2.24) is 0 Å². The van der Waals surface area contributed by atoms with Crippen LogP contribution in [-0.4, -0.2) is 23.3 Å². The van der Waals surface area contributed by atoms with Gasteiger partial charge in [0.2, 0.25) is 0 Å². The van der Waals surface area contributed by atoms with E-state index in [4.69, 9.17) is 9.84 Å². The molecule has 1 fully saturated rings. The monoisotopic (exact) mass is 184 g/mol. The topological polar surface area (TPSA) is 46.5 Å². The maximum atomic E-state index is 10.4. The summed E-state index contributed by atoms with van der Waals surface area (Å²) in [5, 5.41) is 8.51. The summed E-state index contributed by atoms with van der Waals surface area (Å²) in [4.78, 5) is 10.4. The third-order valence-corrected chi connectivity index (χ3v) is 2.53. The predicted molar refractivity (Wildman–Crippen MR) is 49.6 cm³/mol. The summed E-state index contributed by atoms with van der Waals surface area (Å²) in [5.74, 6) is -0.893. The zero-order valence-corrected chi connectivity index (χ0v) is 7.79. The molecule has 0 spiro atoms. The van der Waals surface area contributed by atoms with Crippen molar-refractivity contribution in [2.75, 3.05) is 6.61 Å². The molecule has 0 bridgehead atoms. The van der Waals surface area contributed by atoms with Crippen LogP contribution in [-0.2, 0) is 9.53 Å². The van der Waals surface area contributed by atoms with E-state index in [2.05, 4.69) is 6.58 Å². The van der Waals surface area contributed by atoms with Gasteiger partial charge in [-0.15, -0.1) is 6.58 Å².